The SMILES string of the molecule is Cc1ccccc1CC(=O)NC1CNNC1C. The van der Waals surface area contributed by atoms with Crippen molar-refractivity contribution in [2.45, 2.75) is 32.4 Å². The molecular formula is C13H19N3O. The van der Waals surface area contributed by atoms with Gasteiger partial charge >= 0.3 is 0 Å². The molecule has 0 aliphatic carbocycles. The van der Waals surface area contributed by atoms with Crippen LogP contribution in [-0.2, 0) is 11.2 Å². The van der Waals surface area contributed by atoms with Crippen LogP contribution in [0.3, 0.4) is 0 Å². The van der Waals surface area contributed by atoms with E-state index in [1.807, 2.05) is 31.2 Å². The first-order valence-electron chi connectivity index (χ1n) is 5.99. The molecule has 1 heterocycles. The van der Waals surface area contributed by atoms with Gasteiger partial charge in [0, 0.05) is 12.6 Å². The Morgan fingerprint density at radius 1 is 1.47 bits per heavy atom. The summed E-state index contributed by atoms with van der Waals surface area (Å²) in [6.07, 6.45) is 0.454. The van der Waals surface area contributed by atoms with E-state index in [-0.39, 0.29) is 18.0 Å². The van der Waals surface area contributed by atoms with Crippen LogP contribution < -0.4 is 16.2 Å². The lowest BCUT2D eigenvalue weighted by Gasteiger charge is -2.16. The number of hydrogen-bond donors (Lipinski definition) is 3. The zero-order valence-electron chi connectivity index (χ0n) is 10.3. The summed E-state index contributed by atoms with van der Waals surface area (Å²) in [5.74, 6) is 0.0849. The summed E-state index contributed by atoms with van der Waals surface area (Å²) >= 11 is 0. The van der Waals surface area contributed by atoms with Gasteiger partial charge in [0.1, 0.15) is 0 Å². The van der Waals surface area contributed by atoms with E-state index in [9.17, 15) is 4.79 Å². The van der Waals surface area contributed by atoms with Crippen LogP contribution >= 0.6 is 0 Å². The van der Waals surface area contributed by atoms with Gasteiger partial charge in [0.2, 0.25) is 5.91 Å². The van der Waals surface area contributed by atoms with Gasteiger partial charge < -0.3 is 5.32 Å². The second-order valence-corrected chi connectivity index (χ2v) is 4.59. The van der Waals surface area contributed by atoms with Crippen LogP contribution in [0.25, 0.3) is 0 Å². The van der Waals surface area contributed by atoms with Crippen molar-refractivity contribution in [3.05, 3.63) is 35.4 Å². The molecule has 1 amide bonds. The lowest BCUT2D eigenvalue weighted by Crippen LogP contribution is -2.43. The Morgan fingerprint density at radius 3 is 2.88 bits per heavy atom. The molecule has 1 fully saturated rings. The predicted octanol–water partition coefficient (Wildman–Crippen LogP) is 0.519. The quantitative estimate of drug-likeness (QED) is 0.713. The Labute approximate surface area is 102 Å². The molecule has 92 valence electrons. The highest BCUT2D eigenvalue weighted by molar-refractivity contribution is 5.79. The maximum absolute atomic E-state index is 11.9. The summed E-state index contributed by atoms with van der Waals surface area (Å²) in [6, 6.07) is 8.44. The van der Waals surface area contributed by atoms with Crippen LogP contribution in [-0.4, -0.2) is 24.5 Å². The topological polar surface area (TPSA) is 53.2 Å². The molecule has 0 bridgehead atoms. The number of benzene rings is 1. The minimum atomic E-state index is 0.0849. The summed E-state index contributed by atoms with van der Waals surface area (Å²) < 4.78 is 0. The molecular weight excluding hydrogens is 214 g/mol. The van der Waals surface area contributed by atoms with Crippen molar-refractivity contribution in [1.82, 2.24) is 16.2 Å². The standard InChI is InChI=1S/C13H19N3O/c1-9-5-3-4-6-11(9)7-13(17)15-12-8-14-16-10(12)2/h3-6,10,12,14,16H,7-8H2,1-2H3,(H,15,17). The highest BCUT2D eigenvalue weighted by Gasteiger charge is 2.24. The zero-order chi connectivity index (χ0) is 12.3. The molecule has 4 nitrogen and oxygen atoms in total. The Bertz CT molecular complexity index is 405. The minimum Gasteiger partial charge on any atom is -0.350 e. The van der Waals surface area contributed by atoms with Gasteiger partial charge in [-0.25, -0.2) is 0 Å². The van der Waals surface area contributed by atoms with E-state index < -0.39 is 0 Å². The van der Waals surface area contributed by atoms with Crippen molar-refractivity contribution in [2.75, 3.05) is 6.54 Å². The maximum Gasteiger partial charge on any atom is 0.224 e. The number of carbonyl (C=O) groups is 1. The molecule has 0 spiro atoms. The maximum atomic E-state index is 11.9. The number of hydrazine groups is 1. The molecule has 2 rings (SSSR count). The first-order chi connectivity index (χ1) is 8.16. The number of amides is 1. The third-order valence-corrected chi connectivity index (χ3v) is 3.21. The van der Waals surface area contributed by atoms with E-state index in [4.69, 9.17) is 0 Å². The Balaban J connectivity index is 1.91. The number of nitrogens with one attached hydrogen (secondary N) is 3. The van der Waals surface area contributed by atoms with Crippen molar-refractivity contribution in [2.24, 2.45) is 0 Å². The summed E-state index contributed by atoms with van der Waals surface area (Å²) in [5.41, 5.74) is 8.38. The van der Waals surface area contributed by atoms with Crippen LogP contribution in [0.15, 0.2) is 24.3 Å². The van der Waals surface area contributed by atoms with E-state index >= 15 is 0 Å². The monoisotopic (exact) mass is 233 g/mol. The molecule has 0 radical (unpaired) electrons. The molecule has 0 aromatic heterocycles. The van der Waals surface area contributed by atoms with Crippen LogP contribution in [0.5, 0.6) is 0 Å². The van der Waals surface area contributed by atoms with Crippen molar-refractivity contribution >= 4 is 5.91 Å². The lowest BCUT2D eigenvalue weighted by atomic mass is 10.1. The number of aryl methyl sites for hydroxylation is 1. The van der Waals surface area contributed by atoms with Gasteiger partial charge in [-0.15, -0.1) is 0 Å². The minimum absolute atomic E-state index is 0.0849. The molecule has 3 N–H and O–H groups in total. The van der Waals surface area contributed by atoms with E-state index in [0.29, 0.717) is 6.42 Å². The molecule has 2 unspecified atom stereocenters. The third kappa shape index (κ3) is 3.05. The highest BCUT2D eigenvalue weighted by atomic mass is 16.1. The van der Waals surface area contributed by atoms with Gasteiger partial charge in [0.05, 0.1) is 12.5 Å². The average Bonchev–Trinajstić information content (AvgIpc) is 2.68. The zero-order valence-corrected chi connectivity index (χ0v) is 10.3. The highest BCUT2D eigenvalue weighted by Crippen LogP contribution is 2.08. The van der Waals surface area contributed by atoms with Crippen LogP contribution in [0.4, 0.5) is 0 Å². The van der Waals surface area contributed by atoms with E-state index in [2.05, 4.69) is 23.1 Å². The first kappa shape index (κ1) is 12.1. The Kier molecular flexibility index (Phi) is 3.76. The molecule has 17 heavy (non-hydrogen) atoms. The Hall–Kier alpha value is -1.39. The molecule has 1 aliphatic heterocycles. The van der Waals surface area contributed by atoms with Gasteiger partial charge in [-0.2, -0.15) is 0 Å². The van der Waals surface area contributed by atoms with Gasteiger partial charge in [0.25, 0.3) is 0 Å². The van der Waals surface area contributed by atoms with Crippen molar-refractivity contribution in [3.8, 4) is 0 Å². The molecule has 1 aromatic rings. The Morgan fingerprint density at radius 2 is 2.24 bits per heavy atom. The fourth-order valence-corrected chi connectivity index (χ4v) is 2.02. The van der Waals surface area contributed by atoms with Crippen molar-refractivity contribution < 1.29 is 4.79 Å². The smallest absolute Gasteiger partial charge is 0.224 e. The van der Waals surface area contributed by atoms with Gasteiger partial charge in [-0.1, -0.05) is 24.3 Å². The molecule has 2 atom stereocenters. The van der Waals surface area contributed by atoms with Gasteiger partial charge in [-0.05, 0) is 25.0 Å². The van der Waals surface area contributed by atoms with Gasteiger partial charge in [0.15, 0.2) is 0 Å². The molecule has 0 saturated carbocycles. The van der Waals surface area contributed by atoms with Crippen molar-refractivity contribution in [3.63, 3.8) is 0 Å². The second kappa shape index (κ2) is 5.29. The normalized spacial score (nSPS) is 23.6. The van der Waals surface area contributed by atoms with Crippen LogP contribution in [0.1, 0.15) is 18.1 Å². The largest absolute Gasteiger partial charge is 0.350 e. The molecule has 1 saturated heterocycles. The molecule has 1 aromatic carbocycles. The summed E-state index contributed by atoms with van der Waals surface area (Å²) in [7, 11) is 0. The van der Waals surface area contributed by atoms with E-state index in [1.165, 1.54) is 5.56 Å². The summed E-state index contributed by atoms with van der Waals surface area (Å²) in [5, 5.41) is 3.04. The average molecular weight is 233 g/mol. The predicted molar refractivity (Wildman–Crippen MR) is 67.4 cm³/mol. The van der Waals surface area contributed by atoms with Gasteiger partial charge in [-0.3, -0.25) is 15.6 Å². The van der Waals surface area contributed by atoms with E-state index in [1.54, 1.807) is 0 Å². The van der Waals surface area contributed by atoms with Crippen molar-refractivity contribution in [1.29, 1.82) is 0 Å². The van der Waals surface area contributed by atoms with Crippen LogP contribution in [0, 0.1) is 6.92 Å². The third-order valence-electron chi connectivity index (χ3n) is 3.21. The lowest BCUT2D eigenvalue weighted by molar-refractivity contribution is -0.121. The fourth-order valence-electron chi connectivity index (χ4n) is 2.02. The fraction of sp³-hybridized carbons (Fsp3) is 0.462. The summed E-state index contributed by atoms with van der Waals surface area (Å²) in [6.45, 7) is 4.86. The number of hydrogen-bond acceptors (Lipinski definition) is 3. The number of rotatable bonds is 3. The molecule has 1 aliphatic rings. The van der Waals surface area contributed by atoms with E-state index in [0.717, 1.165) is 12.1 Å². The number of carbonyl (C=O) groups excluding carboxylic acids is 1. The molecule has 4 heteroatoms. The second-order valence-electron chi connectivity index (χ2n) is 4.59. The van der Waals surface area contributed by atoms with Crippen LogP contribution in [0.2, 0.25) is 0 Å². The summed E-state index contributed by atoms with van der Waals surface area (Å²) in [4.78, 5) is 11.9. The first-order valence-corrected chi connectivity index (χ1v) is 5.99.